The molecule has 9 heteroatoms. The first kappa shape index (κ1) is 18.9. The number of carboxylic acids is 1. The van der Waals surface area contributed by atoms with Crippen LogP contribution in [0.4, 0.5) is 0 Å². The molecule has 1 atom stereocenters. The van der Waals surface area contributed by atoms with Gasteiger partial charge in [0.1, 0.15) is 0 Å². The molecule has 2 aromatic rings. The molecule has 1 N–H and O–H groups in total. The molecule has 1 aromatic heterocycles. The number of hydrogen-bond donors (Lipinski definition) is 1. The van der Waals surface area contributed by atoms with Crippen LogP contribution in [0.15, 0.2) is 24.3 Å². The lowest BCUT2D eigenvalue weighted by Crippen LogP contribution is -2.36. The van der Waals surface area contributed by atoms with Crippen LogP contribution < -0.4 is 0 Å². The number of tetrazole rings is 1. The third kappa shape index (κ3) is 4.99. The maximum Gasteiger partial charge on any atom is 0.303 e. The van der Waals surface area contributed by atoms with Crippen LogP contribution in [-0.4, -0.2) is 55.7 Å². The highest BCUT2D eigenvalue weighted by molar-refractivity contribution is 6.30. The Hall–Kier alpha value is -2.48. The summed E-state index contributed by atoms with van der Waals surface area (Å²) in [7, 11) is 1.64. The second-order valence-corrected chi connectivity index (χ2v) is 6.06. The monoisotopic (exact) mass is 365 g/mol. The van der Waals surface area contributed by atoms with E-state index < -0.39 is 12.0 Å². The topological polar surface area (TPSA) is 101 Å². The molecule has 1 heterocycles. The van der Waals surface area contributed by atoms with Crippen LogP contribution >= 0.6 is 11.6 Å². The first-order chi connectivity index (χ1) is 11.9. The molecule has 0 bridgehead atoms. The van der Waals surface area contributed by atoms with Crippen LogP contribution in [0.25, 0.3) is 11.4 Å². The molecule has 0 radical (unpaired) electrons. The maximum absolute atomic E-state index is 12.6. The first-order valence-corrected chi connectivity index (χ1v) is 8.32. The van der Waals surface area contributed by atoms with Crippen molar-refractivity contribution in [2.75, 3.05) is 13.6 Å². The minimum Gasteiger partial charge on any atom is -0.481 e. The van der Waals surface area contributed by atoms with E-state index in [4.69, 9.17) is 16.7 Å². The average Bonchev–Trinajstić information content (AvgIpc) is 3.05. The minimum absolute atomic E-state index is 0.0245. The molecule has 0 aliphatic rings. The number of carbonyl (C=O) groups is 2. The lowest BCUT2D eigenvalue weighted by Gasteiger charge is -2.21. The van der Waals surface area contributed by atoms with Crippen LogP contribution in [0.2, 0.25) is 5.02 Å². The molecule has 0 aliphatic carbocycles. The van der Waals surface area contributed by atoms with Crippen LogP contribution in [0.3, 0.4) is 0 Å². The van der Waals surface area contributed by atoms with Crippen LogP contribution in [0.1, 0.15) is 32.2 Å². The average molecular weight is 366 g/mol. The number of carbonyl (C=O) groups excluding carboxylic acids is 1. The van der Waals surface area contributed by atoms with Crippen molar-refractivity contribution >= 4 is 23.5 Å². The molecule has 1 unspecified atom stereocenters. The van der Waals surface area contributed by atoms with E-state index in [9.17, 15) is 9.59 Å². The van der Waals surface area contributed by atoms with E-state index in [0.717, 1.165) is 5.56 Å². The van der Waals surface area contributed by atoms with Gasteiger partial charge in [0.25, 0.3) is 0 Å². The van der Waals surface area contributed by atoms with Crippen LogP contribution in [0, 0.1) is 0 Å². The number of aliphatic carboxylic acids is 1. The third-order valence-corrected chi connectivity index (χ3v) is 3.99. The smallest absolute Gasteiger partial charge is 0.303 e. The zero-order chi connectivity index (χ0) is 18.4. The Bertz CT molecular complexity index is 732. The van der Waals surface area contributed by atoms with Gasteiger partial charge in [-0.2, -0.15) is 4.80 Å². The number of aromatic nitrogens is 4. The maximum atomic E-state index is 12.6. The number of benzene rings is 1. The molecule has 2 rings (SSSR count). The summed E-state index contributed by atoms with van der Waals surface area (Å²) in [6.45, 7) is 2.22. The second kappa shape index (κ2) is 8.57. The second-order valence-electron chi connectivity index (χ2n) is 5.62. The van der Waals surface area contributed by atoms with Crippen molar-refractivity contribution in [3.8, 4) is 11.4 Å². The van der Waals surface area contributed by atoms with Crippen LogP contribution in [-0.2, 0) is 9.59 Å². The zero-order valence-corrected chi connectivity index (χ0v) is 14.8. The van der Waals surface area contributed by atoms with E-state index >= 15 is 0 Å². The summed E-state index contributed by atoms with van der Waals surface area (Å²) in [5, 5.41) is 21.6. The van der Waals surface area contributed by atoms with Gasteiger partial charge < -0.3 is 10.0 Å². The Balaban J connectivity index is 2.08. The summed E-state index contributed by atoms with van der Waals surface area (Å²) in [6.07, 6.45) is 0.921. The lowest BCUT2D eigenvalue weighted by molar-refractivity contribution is -0.138. The Kier molecular flexibility index (Phi) is 6.46. The highest BCUT2D eigenvalue weighted by atomic mass is 35.5. The van der Waals surface area contributed by atoms with Gasteiger partial charge in [0.2, 0.25) is 11.7 Å². The van der Waals surface area contributed by atoms with E-state index in [1.54, 1.807) is 31.3 Å². The highest BCUT2D eigenvalue weighted by Gasteiger charge is 2.25. The number of amides is 1. The summed E-state index contributed by atoms with van der Waals surface area (Å²) in [5.74, 6) is -0.636. The van der Waals surface area contributed by atoms with Crippen molar-refractivity contribution in [3.05, 3.63) is 29.3 Å². The molecule has 1 aromatic carbocycles. The molecule has 0 saturated heterocycles. The van der Waals surface area contributed by atoms with E-state index in [2.05, 4.69) is 15.4 Å². The third-order valence-electron chi connectivity index (χ3n) is 3.74. The largest absolute Gasteiger partial charge is 0.481 e. The van der Waals surface area contributed by atoms with E-state index in [-0.39, 0.29) is 12.3 Å². The molecule has 8 nitrogen and oxygen atoms in total. The van der Waals surface area contributed by atoms with E-state index in [0.29, 0.717) is 30.2 Å². The fourth-order valence-electron chi connectivity index (χ4n) is 2.34. The first-order valence-electron chi connectivity index (χ1n) is 7.94. The van der Waals surface area contributed by atoms with Gasteiger partial charge in [0.15, 0.2) is 6.04 Å². The number of likely N-dealkylation sites (N-methyl/N-ethyl adjacent to an activating group) is 1. The molecule has 0 spiro atoms. The van der Waals surface area contributed by atoms with Crippen LogP contribution in [0.5, 0.6) is 0 Å². The molecular weight excluding hydrogens is 346 g/mol. The van der Waals surface area contributed by atoms with Crippen molar-refractivity contribution in [1.82, 2.24) is 25.1 Å². The molecule has 0 fully saturated rings. The Morgan fingerprint density at radius 2 is 2.00 bits per heavy atom. The SMILES string of the molecule is CCC(C(=O)N(C)CCCC(=O)O)n1nnc(-c2ccc(Cl)cc2)n1. The number of hydrogen-bond acceptors (Lipinski definition) is 5. The van der Waals surface area contributed by atoms with Gasteiger partial charge in [-0.25, -0.2) is 0 Å². The van der Waals surface area contributed by atoms with Gasteiger partial charge in [0.05, 0.1) is 0 Å². The molecular formula is C16H20ClN5O3. The van der Waals surface area contributed by atoms with Crippen molar-refractivity contribution in [1.29, 1.82) is 0 Å². The summed E-state index contributed by atoms with van der Waals surface area (Å²) in [6, 6.07) is 6.45. The molecule has 1 amide bonds. The van der Waals surface area contributed by atoms with E-state index in [1.165, 1.54) is 9.70 Å². The van der Waals surface area contributed by atoms with Crippen molar-refractivity contribution in [3.63, 3.8) is 0 Å². The zero-order valence-electron chi connectivity index (χ0n) is 14.1. The Morgan fingerprint density at radius 1 is 1.32 bits per heavy atom. The van der Waals surface area contributed by atoms with Crippen molar-refractivity contribution in [2.45, 2.75) is 32.2 Å². The number of nitrogens with zero attached hydrogens (tertiary/aromatic N) is 5. The predicted octanol–water partition coefficient (Wildman–Crippen LogP) is 2.27. The van der Waals surface area contributed by atoms with Gasteiger partial charge in [-0.1, -0.05) is 18.5 Å². The molecule has 25 heavy (non-hydrogen) atoms. The lowest BCUT2D eigenvalue weighted by atomic mass is 10.2. The number of halogens is 1. The molecule has 134 valence electrons. The van der Waals surface area contributed by atoms with Gasteiger partial charge in [-0.15, -0.1) is 10.2 Å². The Morgan fingerprint density at radius 3 is 2.60 bits per heavy atom. The fraction of sp³-hybridized carbons (Fsp3) is 0.438. The van der Waals surface area contributed by atoms with Gasteiger partial charge in [-0.3, -0.25) is 9.59 Å². The van der Waals surface area contributed by atoms with Gasteiger partial charge >= 0.3 is 5.97 Å². The number of rotatable bonds is 8. The molecule has 0 aliphatic heterocycles. The van der Waals surface area contributed by atoms with Gasteiger partial charge in [-0.05, 0) is 42.3 Å². The standard InChI is InChI=1S/C16H20ClN5O3/c1-3-13(16(25)21(2)10-4-5-14(23)24)22-19-15(18-20-22)11-6-8-12(17)9-7-11/h6-9,13H,3-5,10H2,1-2H3,(H,23,24). The quantitative estimate of drug-likeness (QED) is 0.770. The van der Waals surface area contributed by atoms with E-state index in [1.807, 2.05) is 6.92 Å². The highest BCUT2D eigenvalue weighted by Crippen LogP contribution is 2.19. The normalized spacial score (nSPS) is 12.0. The minimum atomic E-state index is -0.876. The summed E-state index contributed by atoms with van der Waals surface area (Å²) < 4.78 is 0. The van der Waals surface area contributed by atoms with Crippen molar-refractivity contribution < 1.29 is 14.7 Å². The van der Waals surface area contributed by atoms with Gasteiger partial charge in [0, 0.05) is 30.6 Å². The summed E-state index contributed by atoms with van der Waals surface area (Å²) >= 11 is 5.87. The summed E-state index contributed by atoms with van der Waals surface area (Å²) in [4.78, 5) is 26.0. The molecule has 0 saturated carbocycles. The van der Waals surface area contributed by atoms with Crippen molar-refractivity contribution in [2.24, 2.45) is 0 Å². The fourth-order valence-corrected chi connectivity index (χ4v) is 2.47. The Labute approximate surface area is 150 Å². The number of carboxylic acid groups (broad SMARTS) is 1. The predicted molar refractivity (Wildman–Crippen MR) is 92.1 cm³/mol. The summed E-state index contributed by atoms with van der Waals surface area (Å²) in [5.41, 5.74) is 0.757.